The fourth-order valence-corrected chi connectivity index (χ4v) is 7.94. The number of quaternary nitrogens is 1. The summed E-state index contributed by atoms with van der Waals surface area (Å²) in [5.74, 6) is -0.561. The number of carbonyl (C=O) groups is 3. The van der Waals surface area contributed by atoms with E-state index in [2.05, 4.69) is 19.2 Å². The van der Waals surface area contributed by atoms with Gasteiger partial charge in [-0.2, -0.15) is 0 Å². The molecule has 0 rings (SSSR count). The second kappa shape index (κ2) is 43.6. The lowest BCUT2D eigenvalue weighted by atomic mass is 10.0. The number of unbranched alkanes of at least 4 members (excludes halogenated alkanes) is 28. The van der Waals surface area contributed by atoms with Crippen LogP contribution in [0.3, 0.4) is 0 Å². The average Bonchev–Trinajstić information content (AvgIpc) is 3.17. The smallest absolute Gasteiger partial charge is 0.327 e. The third kappa shape index (κ3) is 44.1. The van der Waals surface area contributed by atoms with Crippen molar-refractivity contribution in [3.63, 3.8) is 0 Å². The Kier molecular flexibility index (Phi) is 44.1. The lowest BCUT2D eigenvalue weighted by molar-refractivity contribution is -0.161. The summed E-state index contributed by atoms with van der Waals surface area (Å²) in [6.07, 6.45) is 37.8. The first-order valence-electron chi connectivity index (χ1n) is 24.1. The second-order valence-electron chi connectivity index (χ2n) is 17.0. The molecule has 0 aromatic heterocycles. The molecule has 346 valence electrons. The number of carbonyl (C=O) groups excluding carboxylic acids is 3. The zero-order valence-electron chi connectivity index (χ0n) is 39.0. The predicted octanol–water partition coefficient (Wildman–Crippen LogP) is 14.4. The van der Waals surface area contributed by atoms with Crippen molar-refractivity contribution in [2.45, 2.75) is 246 Å². The molecule has 11 heteroatoms. The van der Waals surface area contributed by atoms with Crippen LogP contribution < -0.4 is 11.5 Å². The first-order chi connectivity index (χ1) is 27.6. The van der Waals surface area contributed by atoms with Gasteiger partial charge >= 0.3 is 19.5 Å². The van der Waals surface area contributed by atoms with Gasteiger partial charge in [0, 0.05) is 32.5 Å². The van der Waals surface area contributed by atoms with E-state index in [0.29, 0.717) is 12.8 Å². The number of amides is 1. The van der Waals surface area contributed by atoms with E-state index in [1.807, 2.05) is 13.8 Å². The van der Waals surface area contributed by atoms with Gasteiger partial charge in [-0.25, -0.2) is 0 Å². The number of hydrogen-bond acceptors (Lipinski definition) is 8. The molecule has 5 N–H and O–H groups in total. The molecule has 0 fully saturated rings. The van der Waals surface area contributed by atoms with Crippen molar-refractivity contribution in [1.29, 1.82) is 0 Å². The topological polar surface area (TPSA) is 154 Å². The summed E-state index contributed by atoms with van der Waals surface area (Å²) in [6, 6.07) is 0. The summed E-state index contributed by atoms with van der Waals surface area (Å²) in [5.41, 5.74) is 0. The van der Waals surface area contributed by atoms with Gasteiger partial charge in [-0.05, 0) is 18.8 Å². The van der Waals surface area contributed by atoms with E-state index in [0.717, 1.165) is 38.5 Å². The van der Waals surface area contributed by atoms with E-state index in [1.165, 1.54) is 161 Å². The van der Waals surface area contributed by atoms with E-state index in [9.17, 15) is 18.9 Å². The molecular weight excluding hydrogens is 751 g/mol. The molecule has 0 aliphatic rings. The van der Waals surface area contributed by atoms with E-state index >= 15 is 0 Å². The fraction of sp³-hybridized carbons (Fsp3) is 0.936. The molecule has 2 atom stereocenters. The van der Waals surface area contributed by atoms with Crippen LogP contribution in [-0.4, -0.2) is 57.0 Å². The van der Waals surface area contributed by atoms with Crippen LogP contribution in [0.5, 0.6) is 0 Å². The van der Waals surface area contributed by atoms with Crippen molar-refractivity contribution in [3.05, 3.63) is 0 Å². The highest BCUT2D eigenvalue weighted by Crippen LogP contribution is 2.43. The summed E-state index contributed by atoms with van der Waals surface area (Å²) in [7, 11) is -3.51. The maximum absolute atomic E-state index is 13.0. The number of hydrogen-bond donors (Lipinski definition) is 2. The van der Waals surface area contributed by atoms with Crippen LogP contribution in [0.1, 0.15) is 240 Å². The van der Waals surface area contributed by atoms with E-state index in [1.54, 1.807) is 0 Å². The van der Waals surface area contributed by atoms with Crippen LogP contribution in [0.4, 0.5) is 0 Å². The first kappa shape index (κ1) is 58.6. The lowest BCUT2D eigenvalue weighted by Crippen LogP contribution is -2.30. The molecule has 1 amide bonds. The van der Waals surface area contributed by atoms with Crippen molar-refractivity contribution in [2.24, 2.45) is 5.92 Å². The highest BCUT2D eigenvalue weighted by Gasteiger charge is 2.24. The number of rotatable bonds is 44. The summed E-state index contributed by atoms with van der Waals surface area (Å²) < 4.78 is 35.1. The van der Waals surface area contributed by atoms with Crippen molar-refractivity contribution >= 4 is 25.4 Å². The van der Waals surface area contributed by atoms with Gasteiger partial charge in [0.1, 0.15) is 6.61 Å². The average molecular weight is 848 g/mol. The molecule has 0 saturated carbocycles. The standard InChI is InChI=1S/C47H92NO8P.H3N/c1-6-8-10-12-14-16-18-20-22-24-26-28-30-32-34-36-46(50)53-41-44(42-55-57(5,52)54-39-38-48-45(49)40-43(3)4)56-47(51)37-35-33-31-29-27-25-23-21-19-17-15-13-11-9-7-2;/h43-44H,6-42H2,1-5H3,(H,48,49);1H3/p+1/t44-,57?;/m1./s1. The minimum absolute atomic E-state index is 0. The van der Waals surface area contributed by atoms with Crippen LogP contribution >= 0.6 is 7.60 Å². The van der Waals surface area contributed by atoms with Gasteiger partial charge < -0.3 is 30.0 Å². The number of ether oxygens (including phenoxy) is 2. The Labute approximate surface area is 358 Å². The van der Waals surface area contributed by atoms with Crippen LogP contribution in [0.2, 0.25) is 0 Å². The summed E-state index contributed by atoms with van der Waals surface area (Å²) >= 11 is 0. The number of esters is 2. The molecule has 0 aromatic carbocycles. The maximum Gasteiger partial charge on any atom is 0.327 e. The third-order valence-corrected chi connectivity index (χ3v) is 11.8. The number of nitrogens with one attached hydrogen (secondary N) is 1. The molecule has 0 aliphatic heterocycles. The van der Waals surface area contributed by atoms with Gasteiger partial charge in [0.25, 0.3) is 0 Å². The molecule has 0 radical (unpaired) electrons. The Balaban J connectivity index is 0. The van der Waals surface area contributed by atoms with Gasteiger partial charge in [0.15, 0.2) is 6.10 Å². The summed E-state index contributed by atoms with van der Waals surface area (Å²) in [4.78, 5) is 37.2. The molecule has 0 saturated heterocycles. The molecule has 0 aromatic rings. The van der Waals surface area contributed by atoms with Crippen LogP contribution in [-0.2, 0) is 37.5 Å². The van der Waals surface area contributed by atoms with Crippen LogP contribution in [0.15, 0.2) is 0 Å². The zero-order chi connectivity index (χ0) is 42.1. The maximum atomic E-state index is 13.0. The van der Waals surface area contributed by atoms with E-state index in [-0.39, 0.29) is 62.7 Å². The molecule has 10 nitrogen and oxygen atoms in total. The molecule has 58 heavy (non-hydrogen) atoms. The molecule has 0 bridgehead atoms. The minimum Gasteiger partial charge on any atom is -0.462 e. The van der Waals surface area contributed by atoms with Crippen LogP contribution in [0, 0.1) is 5.92 Å². The molecule has 0 spiro atoms. The monoisotopic (exact) mass is 848 g/mol. The Morgan fingerprint density at radius 1 is 0.517 bits per heavy atom. The normalized spacial score (nSPS) is 12.9. The molecular formula is C47H96N2O8P+. The van der Waals surface area contributed by atoms with Crippen molar-refractivity contribution in [1.82, 2.24) is 11.5 Å². The van der Waals surface area contributed by atoms with Crippen molar-refractivity contribution in [2.75, 3.05) is 33.0 Å². The molecule has 0 heterocycles. The van der Waals surface area contributed by atoms with E-state index < -0.39 is 13.7 Å². The largest absolute Gasteiger partial charge is 0.462 e. The first-order valence-corrected chi connectivity index (χ1v) is 26.1. The van der Waals surface area contributed by atoms with Gasteiger partial charge in [-0.3, -0.25) is 18.9 Å². The van der Waals surface area contributed by atoms with Gasteiger partial charge in [0.05, 0.1) is 13.2 Å². The summed E-state index contributed by atoms with van der Waals surface area (Å²) in [6.45, 7) is 9.66. The minimum atomic E-state index is -3.51. The second-order valence-corrected chi connectivity index (χ2v) is 19.1. The van der Waals surface area contributed by atoms with Crippen molar-refractivity contribution in [3.8, 4) is 0 Å². The molecule has 1 unspecified atom stereocenters. The Bertz CT molecular complexity index is 982. The molecule has 0 aliphatic carbocycles. The SMILES string of the molecule is CCCCCCCCCCCCCCCCCC(=O)OC[C@H](COP(C)(=O)OCCNC(=O)CC(C)C)OC(=O)CCCCCCCCCCCCCCCCC.[NH4+]. The highest BCUT2D eigenvalue weighted by molar-refractivity contribution is 7.52. The highest BCUT2D eigenvalue weighted by atomic mass is 31.2. The Hall–Kier alpha value is -1.48. The quantitative estimate of drug-likeness (QED) is 0.0349. The Morgan fingerprint density at radius 3 is 1.26 bits per heavy atom. The van der Waals surface area contributed by atoms with Gasteiger partial charge in [-0.1, -0.05) is 207 Å². The van der Waals surface area contributed by atoms with Crippen molar-refractivity contribution < 1.29 is 37.5 Å². The Morgan fingerprint density at radius 2 is 0.879 bits per heavy atom. The summed E-state index contributed by atoms with van der Waals surface area (Å²) in [5, 5.41) is 2.74. The van der Waals surface area contributed by atoms with Crippen LogP contribution in [0.25, 0.3) is 0 Å². The lowest BCUT2D eigenvalue weighted by Gasteiger charge is -2.21. The third-order valence-electron chi connectivity index (χ3n) is 10.5. The zero-order valence-corrected chi connectivity index (χ0v) is 39.9. The van der Waals surface area contributed by atoms with Gasteiger partial charge in [0.2, 0.25) is 5.91 Å². The predicted molar refractivity (Wildman–Crippen MR) is 244 cm³/mol. The van der Waals surface area contributed by atoms with E-state index in [4.69, 9.17) is 18.5 Å². The van der Waals surface area contributed by atoms with Gasteiger partial charge in [-0.15, -0.1) is 0 Å². The fourth-order valence-electron chi connectivity index (χ4n) is 7.00.